The summed E-state index contributed by atoms with van der Waals surface area (Å²) in [5.41, 5.74) is 0.422. The van der Waals surface area contributed by atoms with E-state index < -0.39 is 10.0 Å². The summed E-state index contributed by atoms with van der Waals surface area (Å²) < 4.78 is 27.5. The zero-order valence-electron chi connectivity index (χ0n) is 11.9. The van der Waals surface area contributed by atoms with Crippen molar-refractivity contribution in [3.63, 3.8) is 0 Å². The van der Waals surface area contributed by atoms with Gasteiger partial charge in [0.2, 0.25) is 10.0 Å². The number of carbonyl (C=O) groups excluding carboxylic acids is 1. The Labute approximate surface area is 124 Å². The molecule has 0 aliphatic heterocycles. The molecule has 3 N–H and O–H groups in total. The SMILES string of the molecule is COCC1CCCC1NC(=O)c1ccc(S(N)(=O)=O)cc1. The van der Waals surface area contributed by atoms with E-state index in [4.69, 9.17) is 9.88 Å². The normalized spacial score (nSPS) is 22.2. The van der Waals surface area contributed by atoms with Crippen LogP contribution in [0.5, 0.6) is 0 Å². The van der Waals surface area contributed by atoms with Crippen LogP contribution in [0.15, 0.2) is 29.2 Å². The molecule has 1 aromatic rings. The van der Waals surface area contributed by atoms with E-state index in [9.17, 15) is 13.2 Å². The first-order valence-electron chi connectivity index (χ1n) is 6.84. The zero-order chi connectivity index (χ0) is 15.5. The van der Waals surface area contributed by atoms with Crippen molar-refractivity contribution >= 4 is 15.9 Å². The first-order chi connectivity index (χ1) is 9.91. The Morgan fingerprint density at radius 3 is 2.57 bits per heavy atom. The number of hydrogen-bond acceptors (Lipinski definition) is 4. The summed E-state index contributed by atoms with van der Waals surface area (Å²) >= 11 is 0. The minimum absolute atomic E-state index is 0.00261. The molecule has 2 rings (SSSR count). The van der Waals surface area contributed by atoms with Gasteiger partial charge in [-0.15, -0.1) is 0 Å². The van der Waals surface area contributed by atoms with Gasteiger partial charge in [0.25, 0.3) is 5.91 Å². The number of methoxy groups -OCH3 is 1. The number of carbonyl (C=O) groups is 1. The highest BCUT2D eigenvalue weighted by Crippen LogP contribution is 2.26. The number of nitrogens with one attached hydrogen (secondary N) is 1. The van der Waals surface area contributed by atoms with Crippen LogP contribution in [0.2, 0.25) is 0 Å². The predicted molar refractivity (Wildman–Crippen MR) is 78.3 cm³/mol. The van der Waals surface area contributed by atoms with E-state index in [1.54, 1.807) is 7.11 Å². The molecule has 7 heteroatoms. The lowest BCUT2D eigenvalue weighted by Crippen LogP contribution is -2.38. The number of hydrogen-bond donors (Lipinski definition) is 2. The fourth-order valence-electron chi connectivity index (χ4n) is 2.69. The van der Waals surface area contributed by atoms with Crippen LogP contribution in [0.1, 0.15) is 29.6 Å². The second-order valence-corrected chi connectivity index (χ2v) is 6.86. The predicted octanol–water partition coefficient (Wildman–Crippen LogP) is 0.879. The van der Waals surface area contributed by atoms with Crippen molar-refractivity contribution in [3.05, 3.63) is 29.8 Å². The molecule has 21 heavy (non-hydrogen) atoms. The average Bonchev–Trinajstić information content (AvgIpc) is 2.86. The quantitative estimate of drug-likeness (QED) is 0.843. The van der Waals surface area contributed by atoms with Crippen LogP contribution in [-0.4, -0.2) is 34.1 Å². The van der Waals surface area contributed by atoms with Gasteiger partial charge in [-0.05, 0) is 37.1 Å². The molecular weight excluding hydrogens is 292 g/mol. The van der Waals surface area contributed by atoms with Crippen LogP contribution in [0.25, 0.3) is 0 Å². The van der Waals surface area contributed by atoms with E-state index >= 15 is 0 Å². The topological polar surface area (TPSA) is 98.5 Å². The Kier molecular flexibility index (Phi) is 4.97. The van der Waals surface area contributed by atoms with Gasteiger partial charge < -0.3 is 10.1 Å². The molecule has 2 atom stereocenters. The molecule has 1 fully saturated rings. The molecule has 1 aliphatic carbocycles. The standard InChI is InChI=1S/C14H20N2O4S/c1-20-9-11-3-2-4-13(11)16-14(17)10-5-7-12(8-6-10)21(15,18)19/h5-8,11,13H,2-4,9H2,1H3,(H,16,17)(H2,15,18,19). The molecule has 0 radical (unpaired) electrons. The first kappa shape index (κ1) is 15.9. The van der Waals surface area contributed by atoms with Crippen LogP contribution < -0.4 is 10.5 Å². The molecule has 0 heterocycles. The summed E-state index contributed by atoms with van der Waals surface area (Å²) in [5.74, 6) is 0.131. The number of rotatable bonds is 5. The summed E-state index contributed by atoms with van der Waals surface area (Å²) in [6, 6.07) is 5.72. The number of ether oxygens (including phenoxy) is 1. The van der Waals surface area contributed by atoms with Gasteiger partial charge in [0.15, 0.2) is 0 Å². The summed E-state index contributed by atoms with van der Waals surface area (Å²) in [4.78, 5) is 12.2. The van der Waals surface area contributed by atoms with Crippen LogP contribution in [0.3, 0.4) is 0 Å². The maximum Gasteiger partial charge on any atom is 0.251 e. The monoisotopic (exact) mass is 312 g/mol. The molecule has 6 nitrogen and oxygen atoms in total. The van der Waals surface area contributed by atoms with E-state index in [1.165, 1.54) is 24.3 Å². The highest BCUT2D eigenvalue weighted by atomic mass is 32.2. The van der Waals surface area contributed by atoms with Crippen molar-refractivity contribution < 1.29 is 17.9 Å². The van der Waals surface area contributed by atoms with Gasteiger partial charge in [0, 0.05) is 24.6 Å². The molecule has 0 saturated heterocycles. The lowest BCUT2D eigenvalue weighted by Gasteiger charge is -2.20. The lowest BCUT2D eigenvalue weighted by atomic mass is 10.0. The van der Waals surface area contributed by atoms with E-state index in [0.29, 0.717) is 18.1 Å². The highest BCUT2D eigenvalue weighted by molar-refractivity contribution is 7.89. The molecule has 1 aromatic carbocycles. The molecule has 0 bridgehead atoms. The van der Waals surface area contributed by atoms with E-state index in [2.05, 4.69) is 5.32 Å². The van der Waals surface area contributed by atoms with Crippen molar-refractivity contribution in [3.8, 4) is 0 Å². The van der Waals surface area contributed by atoms with E-state index in [-0.39, 0.29) is 16.8 Å². The molecule has 116 valence electrons. The second-order valence-electron chi connectivity index (χ2n) is 5.30. The van der Waals surface area contributed by atoms with Crippen LogP contribution in [0, 0.1) is 5.92 Å². The molecule has 1 amide bonds. The van der Waals surface area contributed by atoms with Gasteiger partial charge in [-0.25, -0.2) is 13.6 Å². The molecule has 1 aliphatic rings. The number of nitrogens with two attached hydrogens (primary N) is 1. The van der Waals surface area contributed by atoms with Crippen LogP contribution in [0.4, 0.5) is 0 Å². The van der Waals surface area contributed by atoms with Crippen molar-refractivity contribution in [2.75, 3.05) is 13.7 Å². The van der Waals surface area contributed by atoms with Gasteiger partial charge in [-0.3, -0.25) is 4.79 Å². The first-order valence-corrected chi connectivity index (χ1v) is 8.39. The molecular formula is C14H20N2O4S. The third-order valence-electron chi connectivity index (χ3n) is 3.80. The smallest absolute Gasteiger partial charge is 0.251 e. The fourth-order valence-corrected chi connectivity index (χ4v) is 3.20. The van der Waals surface area contributed by atoms with Gasteiger partial charge in [0.05, 0.1) is 11.5 Å². The average molecular weight is 312 g/mol. The van der Waals surface area contributed by atoms with Gasteiger partial charge >= 0.3 is 0 Å². The fraction of sp³-hybridized carbons (Fsp3) is 0.500. The van der Waals surface area contributed by atoms with Gasteiger partial charge in [0.1, 0.15) is 0 Å². The Morgan fingerprint density at radius 1 is 1.33 bits per heavy atom. The largest absolute Gasteiger partial charge is 0.384 e. The summed E-state index contributed by atoms with van der Waals surface area (Å²) in [6.45, 7) is 0.634. The second kappa shape index (κ2) is 6.55. The van der Waals surface area contributed by atoms with Gasteiger partial charge in [-0.1, -0.05) is 6.42 Å². The Balaban J connectivity index is 2.03. The minimum atomic E-state index is -3.73. The Morgan fingerprint density at radius 2 is 2.00 bits per heavy atom. The van der Waals surface area contributed by atoms with Crippen LogP contribution in [-0.2, 0) is 14.8 Å². The molecule has 0 spiro atoms. The summed E-state index contributed by atoms with van der Waals surface area (Å²) in [6.07, 6.45) is 3.06. The maximum atomic E-state index is 12.2. The number of primary sulfonamides is 1. The van der Waals surface area contributed by atoms with E-state index in [0.717, 1.165) is 19.3 Å². The molecule has 0 aromatic heterocycles. The van der Waals surface area contributed by atoms with Crippen molar-refractivity contribution in [1.29, 1.82) is 0 Å². The number of sulfonamides is 1. The number of benzene rings is 1. The molecule has 2 unspecified atom stereocenters. The Hall–Kier alpha value is -1.44. The minimum Gasteiger partial charge on any atom is -0.384 e. The summed E-state index contributed by atoms with van der Waals surface area (Å²) in [7, 11) is -2.08. The molecule has 1 saturated carbocycles. The Bertz CT molecular complexity index is 598. The number of amides is 1. The highest BCUT2D eigenvalue weighted by Gasteiger charge is 2.28. The summed E-state index contributed by atoms with van der Waals surface area (Å²) in [5, 5.41) is 8.01. The maximum absolute atomic E-state index is 12.2. The third-order valence-corrected chi connectivity index (χ3v) is 4.73. The van der Waals surface area contributed by atoms with E-state index in [1.807, 2.05) is 0 Å². The van der Waals surface area contributed by atoms with Crippen molar-refractivity contribution in [2.24, 2.45) is 11.1 Å². The van der Waals surface area contributed by atoms with Crippen molar-refractivity contribution in [1.82, 2.24) is 5.32 Å². The zero-order valence-corrected chi connectivity index (χ0v) is 12.7. The lowest BCUT2D eigenvalue weighted by molar-refractivity contribution is 0.0898. The van der Waals surface area contributed by atoms with Crippen molar-refractivity contribution in [2.45, 2.75) is 30.2 Å². The third kappa shape index (κ3) is 4.03. The van der Waals surface area contributed by atoms with Gasteiger partial charge in [-0.2, -0.15) is 0 Å². The van der Waals surface area contributed by atoms with Crippen LogP contribution >= 0.6 is 0 Å².